The van der Waals surface area contributed by atoms with Gasteiger partial charge in [0.15, 0.2) is 0 Å². The lowest BCUT2D eigenvalue weighted by Crippen LogP contribution is -2.72. The third kappa shape index (κ3) is 4.75. The molecule has 10 heteroatoms. The highest BCUT2D eigenvalue weighted by molar-refractivity contribution is 5.27. The van der Waals surface area contributed by atoms with Crippen LogP contribution in [0.5, 0.6) is 5.75 Å². The summed E-state index contributed by atoms with van der Waals surface area (Å²) < 4.78 is 126. The van der Waals surface area contributed by atoms with Crippen molar-refractivity contribution in [2.45, 2.75) is 115 Å². The molecule has 6 aliphatic carbocycles. The van der Waals surface area contributed by atoms with Crippen molar-refractivity contribution in [3.8, 4) is 5.75 Å². The minimum absolute atomic E-state index is 0.0159. The zero-order valence-electron chi connectivity index (χ0n) is 25.5. The molecule has 0 heterocycles. The van der Waals surface area contributed by atoms with Gasteiger partial charge in [0, 0.05) is 10.8 Å². The molecule has 0 unspecified atom stereocenters. The highest BCUT2D eigenvalue weighted by atomic mass is 19.3. The van der Waals surface area contributed by atoms with Gasteiger partial charge in [-0.25, -0.2) is 0 Å². The molecular formula is C34H40F8O2. The highest BCUT2D eigenvalue weighted by Gasteiger charge is 2.81. The number of ether oxygens (including phenoxy) is 2. The summed E-state index contributed by atoms with van der Waals surface area (Å²) in [5, 5.41) is 0. The highest BCUT2D eigenvalue weighted by Crippen LogP contribution is 2.70. The molecule has 2 aromatic rings. The van der Waals surface area contributed by atoms with E-state index >= 15 is 0 Å². The summed E-state index contributed by atoms with van der Waals surface area (Å²) in [5.74, 6) is -15.7. The van der Waals surface area contributed by atoms with Crippen LogP contribution in [0.3, 0.4) is 0 Å². The van der Waals surface area contributed by atoms with Crippen molar-refractivity contribution >= 4 is 0 Å². The van der Waals surface area contributed by atoms with Gasteiger partial charge in [-0.1, -0.05) is 61.4 Å². The van der Waals surface area contributed by atoms with Crippen LogP contribution in [0.2, 0.25) is 0 Å². The molecule has 244 valence electrons. The molecule has 6 saturated carbocycles. The standard InChI is InChI=1S/2C17H20F4O/c1-12-3-5-13(6-4-12)22-11-15-9-7-14(2,8-10-15)16(18,19)17(15,20)21;1-12-3-5-13(6-4-12)11-22-15-9-7-14(2,8-10-15)16(18,19)17(15,20)21/h2*3-6H,7-11H2,1-2H3. The normalized spacial score (nSPS) is 35.5. The Bertz CT molecular complexity index is 1220. The third-order valence-electron chi connectivity index (χ3n) is 11.2. The monoisotopic (exact) mass is 632 g/mol. The molecule has 0 N–H and O–H groups in total. The van der Waals surface area contributed by atoms with Gasteiger partial charge in [0.2, 0.25) is 0 Å². The van der Waals surface area contributed by atoms with Crippen LogP contribution in [0.1, 0.15) is 81.9 Å². The number of benzene rings is 2. The number of rotatable bonds is 6. The van der Waals surface area contributed by atoms with E-state index in [1.54, 1.807) is 36.4 Å². The van der Waals surface area contributed by atoms with Gasteiger partial charge in [0.25, 0.3) is 0 Å². The maximum absolute atomic E-state index is 14.5. The van der Waals surface area contributed by atoms with Crippen molar-refractivity contribution in [2.75, 3.05) is 6.61 Å². The van der Waals surface area contributed by atoms with Crippen LogP contribution in [-0.2, 0) is 11.3 Å². The Kier molecular flexibility index (Phi) is 7.95. The lowest BCUT2D eigenvalue weighted by atomic mass is 9.50. The minimum atomic E-state index is -4.13. The van der Waals surface area contributed by atoms with Crippen molar-refractivity contribution in [3.63, 3.8) is 0 Å². The van der Waals surface area contributed by atoms with E-state index in [9.17, 15) is 35.1 Å². The first-order valence-corrected chi connectivity index (χ1v) is 15.2. The van der Waals surface area contributed by atoms with Crippen LogP contribution in [0.4, 0.5) is 35.1 Å². The summed E-state index contributed by atoms with van der Waals surface area (Å²) >= 11 is 0. The average Bonchev–Trinajstić information content (AvgIpc) is 2.97. The molecule has 2 aromatic carbocycles. The fourth-order valence-corrected chi connectivity index (χ4v) is 7.35. The lowest BCUT2D eigenvalue weighted by Gasteiger charge is -2.59. The van der Waals surface area contributed by atoms with Gasteiger partial charge >= 0.3 is 23.7 Å². The van der Waals surface area contributed by atoms with Crippen molar-refractivity contribution in [1.29, 1.82) is 0 Å². The SMILES string of the molecule is Cc1ccc(COC23CCC(C)(CC2)C(F)(F)C3(F)F)cc1.Cc1ccc(OCC23CCC(C)(CC2)C(F)(F)C3(F)F)cc1. The van der Waals surface area contributed by atoms with Crippen LogP contribution < -0.4 is 4.74 Å². The molecule has 6 aliphatic rings. The molecule has 44 heavy (non-hydrogen) atoms. The Hall–Kier alpha value is -2.36. The summed E-state index contributed by atoms with van der Waals surface area (Å²) in [4.78, 5) is 0. The van der Waals surface area contributed by atoms with Gasteiger partial charge in [-0.05, 0) is 82.9 Å². The lowest BCUT2D eigenvalue weighted by molar-refractivity contribution is -0.389. The molecule has 2 nitrogen and oxygen atoms in total. The summed E-state index contributed by atoms with van der Waals surface area (Å²) in [6, 6.07) is 14.2. The van der Waals surface area contributed by atoms with Crippen LogP contribution in [0, 0.1) is 30.1 Å². The second-order valence-corrected chi connectivity index (χ2v) is 14.1. The summed E-state index contributed by atoms with van der Waals surface area (Å²) in [5.41, 5.74) is -4.23. The van der Waals surface area contributed by atoms with E-state index in [0.717, 1.165) is 16.7 Å². The van der Waals surface area contributed by atoms with Gasteiger partial charge in [0.1, 0.15) is 11.4 Å². The fraction of sp³-hybridized carbons (Fsp3) is 0.647. The number of alkyl halides is 8. The van der Waals surface area contributed by atoms with Crippen LogP contribution in [0.25, 0.3) is 0 Å². The first-order chi connectivity index (χ1) is 20.3. The smallest absolute Gasteiger partial charge is 0.338 e. The molecule has 4 bridgehead atoms. The topological polar surface area (TPSA) is 18.5 Å². The van der Waals surface area contributed by atoms with Crippen molar-refractivity contribution in [1.82, 2.24) is 0 Å². The second kappa shape index (κ2) is 10.6. The molecule has 0 radical (unpaired) electrons. The first kappa shape index (κ1) is 33.0. The van der Waals surface area contributed by atoms with E-state index in [1.807, 2.05) is 26.0 Å². The quantitative estimate of drug-likeness (QED) is 0.295. The average molecular weight is 633 g/mol. The Morgan fingerprint density at radius 1 is 0.545 bits per heavy atom. The van der Waals surface area contributed by atoms with Gasteiger partial charge in [-0.2, -0.15) is 35.1 Å². The molecular weight excluding hydrogens is 592 g/mol. The molecule has 0 aromatic heterocycles. The van der Waals surface area contributed by atoms with Gasteiger partial charge in [0.05, 0.1) is 18.6 Å². The summed E-state index contributed by atoms with van der Waals surface area (Å²) in [6.07, 6.45) is 0.512. The Morgan fingerprint density at radius 2 is 0.977 bits per heavy atom. The third-order valence-corrected chi connectivity index (χ3v) is 11.2. The number of halogens is 8. The van der Waals surface area contributed by atoms with Crippen LogP contribution >= 0.6 is 0 Å². The summed E-state index contributed by atoms with van der Waals surface area (Å²) in [7, 11) is 0. The van der Waals surface area contributed by atoms with Gasteiger partial charge in [-0.3, -0.25) is 0 Å². The Labute approximate surface area is 253 Å². The van der Waals surface area contributed by atoms with E-state index in [1.165, 1.54) is 13.8 Å². The Morgan fingerprint density at radius 3 is 1.48 bits per heavy atom. The summed E-state index contributed by atoms with van der Waals surface area (Å²) in [6.45, 7) is 5.94. The Balaban J connectivity index is 0.000000175. The second-order valence-electron chi connectivity index (χ2n) is 14.1. The van der Waals surface area contributed by atoms with E-state index in [0.29, 0.717) is 5.75 Å². The van der Waals surface area contributed by atoms with Gasteiger partial charge in [-0.15, -0.1) is 0 Å². The zero-order valence-corrected chi connectivity index (χ0v) is 25.5. The molecule has 0 saturated heterocycles. The van der Waals surface area contributed by atoms with Crippen LogP contribution in [0.15, 0.2) is 48.5 Å². The van der Waals surface area contributed by atoms with Gasteiger partial charge < -0.3 is 9.47 Å². The first-order valence-electron chi connectivity index (χ1n) is 15.2. The molecule has 0 amide bonds. The van der Waals surface area contributed by atoms with Crippen LogP contribution in [-0.4, -0.2) is 35.9 Å². The maximum atomic E-state index is 14.5. The van der Waals surface area contributed by atoms with E-state index < -0.39 is 45.5 Å². The number of fused-ring (bicyclic) bond motifs is 6. The number of aryl methyl sites for hydroxylation is 2. The maximum Gasteiger partial charge on any atom is 0.338 e. The van der Waals surface area contributed by atoms with E-state index in [-0.39, 0.29) is 64.6 Å². The van der Waals surface area contributed by atoms with Crippen molar-refractivity contribution in [2.24, 2.45) is 16.2 Å². The largest absolute Gasteiger partial charge is 0.493 e. The van der Waals surface area contributed by atoms with E-state index in [4.69, 9.17) is 9.47 Å². The number of hydrogen-bond donors (Lipinski definition) is 0. The minimum Gasteiger partial charge on any atom is -0.493 e. The molecule has 0 aliphatic heterocycles. The predicted molar refractivity (Wildman–Crippen MR) is 151 cm³/mol. The predicted octanol–water partition coefficient (Wildman–Crippen LogP) is 10.3. The fourth-order valence-electron chi connectivity index (χ4n) is 7.35. The van der Waals surface area contributed by atoms with Crippen molar-refractivity contribution in [3.05, 3.63) is 65.2 Å². The molecule has 0 spiro atoms. The molecule has 8 rings (SSSR count). The van der Waals surface area contributed by atoms with E-state index in [2.05, 4.69) is 0 Å². The molecule has 0 atom stereocenters. The molecule has 6 fully saturated rings. The zero-order chi connectivity index (χ0) is 32.5. The number of hydrogen-bond acceptors (Lipinski definition) is 2. The van der Waals surface area contributed by atoms with Crippen molar-refractivity contribution < 1.29 is 44.6 Å².